The van der Waals surface area contributed by atoms with Gasteiger partial charge in [0.2, 0.25) is 0 Å². The molecule has 1 atom stereocenters. The van der Waals surface area contributed by atoms with Crippen molar-refractivity contribution >= 4 is 21.6 Å². The smallest absolute Gasteiger partial charge is 0.311 e. The number of benzene rings is 1. The summed E-state index contributed by atoms with van der Waals surface area (Å²) in [5.41, 5.74) is 0.902. The molecule has 0 aliphatic carbocycles. The monoisotopic (exact) mass is 329 g/mol. The van der Waals surface area contributed by atoms with Crippen molar-refractivity contribution in [3.8, 4) is 5.75 Å². The molecule has 0 spiro atoms. The average Bonchev–Trinajstić information content (AvgIpc) is 2.29. The van der Waals surface area contributed by atoms with Gasteiger partial charge in [-0.15, -0.1) is 0 Å². The van der Waals surface area contributed by atoms with E-state index in [9.17, 15) is 10.1 Å². The number of aryl methyl sites for hydroxylation is 1. The van der Waals surface area contributed by atoms with Crippen molar-refractivity contribution in [1.82, 2.24) is 0 Å². The average molecular weight is 330 g/mol. The van der Waals surface area contributed by atoms with Gasteiger partial charge in [0.15, 0.2) is 5.75 Å². The molecular weight excluding hydrogens is 310 g/mol. The number of halogens is 1. The molecule has 0 aliphatic heterocycles. The van der Waals surface area contributed by atoms with E-state index >= 15 is 0 Å². The van der Waals surface area contributed by atoms with E-state index < -0.39 is 4.92 Å². The zero-order chi connectivity index (χ0) is 14.6. The van der Waals surface area contributed by atoms with Gasteiger partial charge in [-0.3, -0.25) is 10.1 Å². The van der Waals surface area contributed by atoms with Crippen molar-refractivity contribution < 1.29 is 9.66 Å². The summed E-state index contributed by atoms with van der Waals surface area (Å²) in [4.78, 5) is 10.6. The van der Waals surface area contributed by atoms with Gasteiger partial charge in [0.05, 0.1) is 11.5 Å². The largest absolute Gasteiger partial charge is 0.486 e. The fourth-order valence-corrected chi connectivity index (χ4v) is 2.84. The van der Waals surface area contributed by atoms with Crippen molar-refractivity contribution in [3.63, 3.8) is 0 Å². The van der Waals surface area contributed by atoms with Gasteiger partial charge in [0.25, 0.3) is 0 Å². The van der Waals surface area contributed by atoms with Crippen LogP contribution in [0.4, 0.5) is 5.69 Å². The highest BCUT2D eigenvalue weighted by Gasteiger charge is 2.26. The number of para-hydroxylation sites is 1. The first-order valence-electron chi connectivity index (χ1n) is 6.20. The molecule has 0 fully saturated rings. The number of alkyl halides is 1. The van der Waals surface area contributed by atoms with Crippen LogP contribution in [0.5, 0.6) is 5.75 Å². The first kappa shape index (κ1) is 16.0. The summed E-state index contributed by atoms with van der Waals surface area (Å²) >= 11 is 3.48. The third-order valence-corrected chi connectivity index (χ3v) is 4.01. The molecule has 19 heavy (non-hydrogen) atoms. The van der Waals surface area contributed by atoms with Crippen LogP contribution in [0.15, 0.2) is 18.2 Å². The van der Waals surface area contributed by atoms with E-state index in [1.165, 1.54) is 6.07 Å². The Hall–Kier alpha value is -1.10. The van der Waals surface area contributed by atoms with Crippen LogP contribution in [0.3, 0.4) is 0 Å². The molecule has 1 unspecified atom stereocenters. The number of hydrogen-bond acceptors (Lipinski definition) is 3. The number of rotatable bonds is 5. The lowest BCUT2D eigenvalue weighted by molar-refractivity contribution is -0.386. The predicted octanol–water partition coefficient (Wildman–Crippen LogP) is 4.34. The van der Waals surface area contributed by atoms with Crippen LogP contribution in [0.2, 0.25) is 0 Å². The molecule has 0 aromatic heterocycles. The van der Waals surface area contributed by atoms with Crippen LogP contribution in [-0.4, -0.2) is 16.9 Å². The van der Waals surface area contributed by atoms with E-state index in [1.54, 1.807) is 6.07 Å². The molecule has 0 aliphatic rings. The summed E-state index contributed by atoms with van der Waals surface area (Å²) in [5.74, 6) is 0.661. The lowest BCUT2D eigenvalue weighted by Crippen LogP contribution is -2.28. The first-order valence-corrected chi connectivity index (χ1v) is 7.32. The van der Waals surface area contributed by atoms with Crippen molar-refractivity contribution in [3.05, 3.63) is 33.9 Å². The summed E-state index contributed by atoms with van der Waals surface area (Å²) in [5, 5.41) is 11.8. The van der Waals surface area contributed by atoms with E-state index in [0.717, 1.165) is 10.9 Å². The fourth-order valence-electron chi connectivity index (χ4n) is 1.68. The quantitative estimate of drug-likeness (QED) is 0.458. The Morgan fingerprint density at radius 3 is 2.53 bits per heavy atom. The highest BCUT2D eigenvalue weighted by Crippen LogP contribution is 2.33. The van der Waals surface area contributed by atoms with Crippen LogP contribution in [0, 0.1) is 28.4 Å². The molecule has 5 heteroatoms. The van der Waals surface area contributed by atoms with Crippen molar-refractivity contribution in [2.24, 2.45) is 11.3 Å². The van der Waals surface area contributed by atoms with Gasteiger partial charge >= 0.3 is 5.69 Å². The Morgan fingerprint density at radius 1 is 1.42 bits per heavy atom. The van der Waals surface area contributed by atoms with Gasteiger partial charge in [-0.2, -0.15) is 0 Å². The number of nitrogens with zero attached hydrogens (tertiary/aromatic N) is 1. The molecule has 1 aromatic carbocycles. The minimum atomic E-state index is -0.400. The van der Waals surface area contributed by atoms with Crippen LogP contribution in [0.25, 0.3) is 0 Å². The van der Waals surface area contributed by atoms with Gasteiger partial charge < -0.3 is 4.74 Å². The zero-order valence-electron chi connectivity index (χ0n) is 11.8. The number of ether oxygens (including phenoxy) is 1. The molecule has 106 valence electrons. The third kappa shape index (κ3) is 4.20. The van der Waals surface area contributed by atoms with Crippen LogP contribution >= 0.6 is 15.9 Å². The predicted molar refractivity (Wildman–Crippen MR) is 80.1 cm³/mol. The fraction of sp³-hybridized carbons (Fsp3) is 0.571. The summed E-state index contributed by atoms with van der Waals surface area (Å²) in [7, 11) is 0. The van der Waals surface area contributed by atoms with E-state index in [0.29, 0.717) is 12.4 Å². The molecule has 0 N–H and O–H groups in total. The molecule has 4 nitrogen and oxygen atoms in total. The van der Waals surface area contributed by atoms with Gasteiger partial charge in [0.1, 0.15) is 0 Å². The first-order chi connectivity index (χ1) is 8.77. The maximum atomic E-state index is 11.0. The van der Waals surface area contributed by atoms with E-state index in [-0.39, 0.29) is 17.0 Å². The van der Waals surface area contributed by atoms with Gasteiger partial charge in [-0.05, 0) is 17.9 Å². The van der Waals surface area contributed by atoms with E-state index in [2.05, 4.69) is 36.7 Å². The molecule has 0 radical (unpaired) electrons. The molecule has 0 bridgehead atoms. The van der Waals surface area contributed by atoms with E-state index in [1.807, 2.05) is 13.0 Å². The zero-order valence-corrected chi connectivity index (χ0v) is 13.4. The maximum absolute atomic E-state index is 11.0. The summed E-state index contributed by atoms with van der Waals surface area (Å²) < 4.78 is 5.74. The summed E-state index contributed by atoms with van der Waals surface area (Å²) in [6.07, 6.45) is 0. The van der Waals surface area contributed by atoms with Gasteiger partial charge in [0, 0.05) is 17.3 Å². The number of nitro groups is 1. The minimum absolute atomic E-state index is 0.0298. The van der Waals surface area contributed by atoms with Crippen molar-refractivity contribution in [1.29, 1.82) is 0 Å². The molecule has 1 aromatic rings. The van der Waals surface area contributed by atoms with Crippen LogP contribution in [0.1, 0.15) is 26.3 Å². The normalized spacial score (nSPS) is 13.1. The van der Waals surface area contributed by atoms with Gasteiger partial charge in [-0.25, -0.2) is 0 Å². The standard InChI is InChI=1S/C14H20BrNO3/c1-10-6-5-7-12(16(17)18)13(10)19-9-11(8-15)14(2,3)4/h5-7,11H,8-9H2,1-4H3. The second kappa shape index (κ2) is 6.37. The summed E-state index contributed by atoms with van der Waals surface area (Å²) in [6.45, 7) is 8.68. The summed E-state index contributed by atoms with van der Waals surface area (Å²) in [6, 6.07) is 4.97. The number of nitro benzene ring substituents is 1. The number of hydrogen-bond donors (Lipinski definition) is 0. The second-order valence-corrected chi connectivity index (χ2v) is 6.36. The highest BCUT2D eigenvalue weighted by molar-refractivity contribution is 9.09. The highest BCUT2D eigenvalue weighted by atomic mass is 79.9. The SMILES string of the molecule is Cc1cccc([N+](=O)[O-])c1OCC(CBr)C(C)(C)C. The van der Waals surface area contributed by atoms with Crippen LogP contribution < -0.4 is 4.74 Å². The molecule has 1 rings (SSSR count). The van der Waals surface area contributed by atoms with Crippen molar-refractivity contribution in [2.45, 2.75) is 27.7 Å². The minimum Gasteiger partial charge on any atom is -0.486 e. The topological polar surface area (TPSA) is 52.4 Å². The third-order valence-electron chi connectivity index (χ3n) is 3.23. The van der Waals surface area contributed by atoms with E-state index in [4.69, 9.17) is 4.74 Å². The van der Waals surface area contributed by atoms with Crippen LogP contribution in [-0.2, 0) is 0 Å². The van der Waals surface area contributed by atoms with Gasteiger partial charge in [-0.1, -0.05) is 48.8 Å². The Morgan fingerprint density at radius 2 is 2.05 bits per heavy atom. The molecule has 0 saturated carbocycles. The molecular formula is C14H20BrNO3. The Kier molecular flexibility index (Phi) is 5.35. The molecule has 0 amide bonds. The Bertz CT molecular complexity index is 454. The second-order valence-electron chi connectivity index (χ2n) is 5.71. The lowest BCUT2D eigenvalue weighted by atomic mass is 9.83. The molecule has 0 saturated heterocycles. The lowest BCUT2D eigenvalue weighted by Gasteiger charge is -2.29. The Balaban J connectivity index is 2.91. The van der Waals surface area contributed by atoms with Crippen molar-refractivity contribution in [2.75, 3.05) is 11.9 Å². The Labute approximate surface area is 122 Å². The maximum Gasteiger partial charge on any atom is 0.311 e. The molecule has 0 heterocycles.